The zero-order valence-corrected chi connectivity index (χ0v) is 17.6. The van der Waals surface area contributed by atoms with Crippen molar-refractivity contribution in [1.29, 1.82) is 0 Å². The first-order valence-corrected chi connectivity index (χ1v) is 10.7. The molecule has 2 heterocycles. The molecule has 3 rings (SSSR count). The van der Waals surface area contributed by atoms with Crippen LogP contribution in [-0.2, 0) is 11.4 Å². The van der Waals surface area contributed by atoms with Gasteiger partial charge in [0.05, 0.1) is 5.69 Å². The predicted octanol–water partition coefficient (Wildman–Crippen LogP) is 5.47. The summed E-state index contributed by atoms with van der Waals surface area (Å²) in [7, 11) is 0. The van der Waals surface area contributed by atoms with Gasteiger partial charge in [-0.25, -0.2) is 4.98 Å². The van der Waals surface area contributed by atoms with Gasteiger partial charge in [0, 0.05) is 30.0 Å². The zero-order valence-electron chi connectivity index (χ0n) is 16.0. The van der Waals surface area contributed by atoms with E-state index in [-0.39, 0.29) is 5.12 Å². The highest BCUT2D eigenvalue weighted by Crippen LogP contribution is 2.24. The lowest BCUT2D eigenvalue weighted by Crippen LogP contribution is -1.97. The summed E-state index contributed by atoms with van der Waals surface area (Å²) in [6.45, 7) is 6.01. The standard InChI is InChI=1S/C22H21N3O2S2/c1-16(15-28-17(2)26)18-6-11-22(24-13-18)25-29-21-9-7-20(8-10-21)27-14-19-5-3-4-12-23-19/h3-13H,1,14-15H2,2H3,(H,24,25). The number of hydrogen-bond donors (Lipinski definition) is 1. The van der Waals surface area contributed by atoms with E-state index >= 15 is 0 Å². The summed E-state index contributed by atoms with van der Waals surface area (Å²) in [5.74, 6) is 2.12. The number of aromatic nitrogens is 2. The van der Waals surface area contributed by atoms with Crippen molar-refractivity contribution in [2.45, 2.75) is 18.4 Å². The van der Waals surface area contributed by atoms with Crippen molar-refractivity contribution in [3.63, 3.8) is 0 Å². The zero-order chi connectivity index (χ0) is 20.5. The Labute approximate surface area is 179 Å². The number of rotatable bonds is 9. The number of benzene rings is 1. The first kappa shape index (κ1) is 21.0. The Morgan fingerprint density at radius 1 is 1.10 bits per heavy atom. The van der Waals surface area contributed by atoms with Gasteiger partial charge in [0.15, 0.2) is 5.12 Å². The first-order valence-electron chi connectivity index (χ1n) is 8.93. The van der Waals surface area contributed by atoms with E-state index in [2.05, 4.69) is 21.3 Å². The minimum absolute atomic E-state index is 0.0851. The van der Waals surface area contributed by atoms with Gasteiger partial charge in [-0.2, -0.15) is 0 Å². The van der Waals surface area contributed by atoms with E-state index in [1.807, 2.05) is 54.6 Å². The molecule has 0 bridgehead atoms. The number of pyridine rings is 2. The van der Waals surface area contributed by atoms with Crippen LogP contribution in [-0.4, -0.2) is 20.8 Å². The van der Waals surface area contributed by atoms with Crippen LogP contribution in [0.4, 0.5) is 5.82 Å². The third-order valence-electron chi connectivity index (χ3n) is 3.83. The molecule has 0 fully saturated rings. The van der Waals surface area contributed by atoms with E-state index in [9.17, 15) is 4.79 Å². The SMILES string of the molecule is C=C(CSC(C)=O)c1ccc(NSc2ccc(OCc3ccccn3)cc2)nc1. The molecule has 7 heteroatoms. The van der Waals surface area contributed by atoms with Crippen molar-refractivity contribution in [3.8, 4) is 5.75 Å². The average molecular weight is 424 g/mol. The van der Waals surface area contributed by atoms with Crippen molar-refractivity contribution < 1.29 is 9.53 Å². The number of nitrogens with zero attached hydrogens (tertiary/aromatic N) is 2. The third kappa shape index (κ3) is 6.96. The summed E-state index contributed by atoms with van der Waals surface area (Å²) >= 11 is 2.72. The van der Waals surface area contributed by atoms with Gasteiger partial charge in [0.2, 0.25) is 0 Å². The molecule has 0 amide bonds. The number of carbonyl (C=O) groups is 1. The fraction of sp³-hybridized carbons (Fsp3) is 0.136. The van der Waals surface area contributed by atoms with Gasteiger partial charge in [-0.15, -0.1) is 0 Å². The topological polar surface area (TPSA) is 64.1 Å². The number of ether oxygens (including phenoxy) is 1. The molecule has 0 saturated heterocycles. The highest BCUT2D eigenvalue weighted by atomic mass is 32.2. The summed E-state index contributed by atoms with van der Waals surface area (Å²) < 4.78 is 8.96. The number of nitrogens with one attached hydrogen (secondary N) is 1. The minimum Gasteiger partial charge on any atom is -0.487 e. The van der Waals surface area contributed by atoms with Gasteiger partial charge in [0.25, 0.3) is 0 Å². The van der Waals surface area contributed by atoms with Gasteiger partial charge in [-0.3, -0.25) is 9.78 Å². The van der Waals surface area contributed by atoms with Crippen molar-refractivity contribution in [2.75, 3.05) is 10.5 Å². The monoisotopic (exact) mass is 423 g/mol. The Morgan fingerprint density at radius 2 is 1.93 bits per heavy atom. The average Bonchev–Trinajstić information content (AvgIpc) is 2.76. The Kier molecular flexibility index (Phi) is 7.72. The summed E-state index contributed by atoms with van der Waals surface area (Å²) in [6.07, 6.45) is 3.52. The van der Waals surface area contributed by atoms with Gasteiger partial charge < -0.3 is 9.46 Å². The van der Waals surface area contributed by atoms with Crippen LogP contribution in [0, 0.1) is 0 Å². The van der Waals surface area contributed by atoms with E-state index < -0.39 is 0 Å². The quantitative estimate of drug-likeness (QED) is 0.458. The van der Waals surface area contributed by atoms with E-state index in [0.717, 1.165) is 33.3 Å². The summed E-state index contributed by atoms with van der Waals surface area (Å²) in [5.41, 5.74) is 2.71. The lowest BCUT2D eigenvalue weighted by atomic mass is 10.1. The van der Waals surface area contributed by atoms with Crippen molar-refractivity contribution >= 4 is 40.2 Å². The Balaban J connectivity index is 1.47. The highest BCUT2D eigenvalue weighted by Gasteiger charge is 2.04. The highest BCUT2D eigenvalue weighted by molar-refractivity contribution is 8.13. The number of hydrogen-bond acceptors (Lipinski definition) is 7. The van der Waals surface area contributed by atoms with Crippen LogP contribution in [0.1, 0.15) is 18.2 Å². The van der Waals surface area contributed by atoms with E-state index in [0.29, 0.717) is 12.4 Å². The van der Waals surface area contributed by atoms with Crippen LogP contribution in [0.15, 0.2) is 78.5 Å². The van der Waals surface area contributed by atoms with E-state index in [4.69, 9.17) is 4.74 Å². The van der Waals surface area contributed by atoms with Crippen LogP contribution in [0.2, 0.25) is 0 Å². The Hall–Kier alpha value is -2.77. The molecular weight excluding hydrogens is 402 g/mol. The van der Waals surface area contributed by atoms with Gasteiger partial charge >= 0.3 is 0 Å². The second-order valence-corrected chi connectivity index (χ2v) is 8.13. The second kappa shape index (κ2) is 10.7. The number of carbonyl (C=O) groups excluding carboxylic acids is 1. The van der Waals surface area contributed by atoms with E-state index in [1.54, 1.807) is 19.3 Å². The largest absolute Gasteiger partial charge is 0.487 e. The fourth-order valence-electron chi connectivity index (χ4n) is 2.29. The molecule has 0 aliphatic carbocycles. The molecule has 3 aromatic rings. The van der Waals surface area contributed by atoms with Crippen LogP contribution in [0.5, 0.6) is 5.75 Å². The number of anilines is 1. The maximum atomic E-state index is 11.1. The molecule has 0 unspecified atom stereocenters. The lowest BCUT2D eigenvalue weighted by molar-refractivity contribution is -0.109. The van der Waals surface area contributed by atoms with Gasteiger partial charge in [0.1, 0.15) is 18.2 Å². The molecule has 0 radical (unpaired) electrons. The molecule has 1 aromatic carbocycles. The Bertz CT molecular complexity index is 946. The maximum Gasteiger partial charge on any atom is 0.186 e. The molecule has 0 atom stereocenters. The molecule has 1 N–H and O–H groups in total. The van der Waals surface area contributed by atoms with Gasteiger partial charge in [-0.05, 0) is 71.6 Å². The van der Waals surface area contributed by atoms with Crippen LogP contribution < -0.4 is 9.46 Å². The summed E-state index contributed by atoms with van der Waals surface area (Å²) in [4.78, 5) is 20.7. The van der Waals surface area contributed by atoms with Crippen LogP contribution in [0.25, 0.3) is 5.57 Å². The normalized spacial score (nSPS) is 10.4. The molecule has 0 saturated carbocycles. The molecule has 0 aliphatic rings. The van der Waals surface area contributed by atoms with Gasteiger partial charge in [-0.1, -0.05) is 24.4 Å². The molecular formula is C22H21N3O2S2. The van der Waals surface area contributed by atoms with Crippen molar-refractivity contribution in [1.82, 2.24) is 9.97 Å². The predicted molar refractivity (Wildman–Crippen MR) is 121 cm³/mol. The lowest BCUT2D eigenvalue weighted by Gasteiger charge is -2.09. The molecule has 148 valence electrons. The molecule has 29 heavy (non-hydrogen) atoms. The third-order valence-corrected chi connectivity index (χ3v) is 5.55. The smallest absolute Gasteiger partial charge is 0.186 e. The minimum atomic E-state index is 0.0851. The van der Waals surface area contributed by atoms with E-state index in [1.165, 1.54) is 23.7 Å². The first-order chi connectivity index (χ1) is 14.1. The molecule has 5 nitrogen and oxygen atoms in total. The second-order valence-electron chi connectivity index (χ2n) is 6.10. The fourth-order valence-corrected chi connectivity index (χ4v) is 3.45. The maximum absolute atomic E-state index is 11.1. The van der Waals surface area contributed by atoms with Crippen molar-refractivity contribution in [2.24, 2.45) is 0 Å². The van der Waals surface area contributed by atoms with Crippen molar-refractivity contribution in [3.05, 3.63) is 84.8 Å². The molecule has 2 aromatic heterocycles. The van der Waals surface area contributed by atoms with Crippen LogP contribution in [0.3, 0.4) is 0 Å². The summed E-state index contributed by atoms with van der Waals surface area (Å²) in [6, 6.07) is 17.4. The molecule has 0 aliphatic heterocycles. The molecule has 0 spiro atoms. The Morgan fingerprint density at radius 3 is 2.59 bits per heavy atom. The summed E-state index contributed by atoms with van der Waals surface area (Å²) in [5, 5.41) is 0.0851. The number of thioether (sulfide) groups is 1. The van der Waals surface area contributed by atoms with Crippen LogP contribution >= 0.6 is 23.7 Å².